The van der Waals surface area contributed by atoms with Gasteiger partial charge in [0.15, 0.2) is 5.16 Å². The van der Waals surface area contributed by atoms with E-state index in [0.29, 0.717) is 23.8 Å². The van der Waals surface area contributed by atoms with Crippen LogP contribution in [0, 0.1) is 0 Å². The van der Waals surface area contributed by atoms with E-state index in [4.69, 9.17) is 0 Å². The van der Waals surface area contributed by atoms with Crippen molar-refractivity contribution in [1.29, 1.82) is 0 Å². The fraction of sp³-hybridized carbons (Fsp3) is 0.550. The molecule has 2 atom stereocenters. The van der Waals surface area contributed by atoms with Gasteiger partial charge in [-0.15, -0.1) is 10.2 Å². The molecule has 0 N–H and O–H groups in total. The van der Waals surface area contributed by atoms with Gasteiger partial charge in [0, 0.05) is 23.7 Å². The lowest BCUT2D eigenvalue weighted by atomic mass is 9.98. The Balaban J connectivity index is 1.53. The number of nitrogens with zero attached hydrogens (tertiary/aromatic N) is 4. The number of para-hydroxylation sites is 1. The van der Waals surface area contributed by atoms with Gasteiger partial charge in [-0.2, -0.15) is 0 Å². The van der Waals surface area contributed by atoms with E-state index in [9.17, 15) is 4.79 Å². The third-order valence-electron chi connectivity index (χ3n) is 5.42. The van der Waals surface area contributed by atoms with E-state index in [1.54, 1.807) is 0 Å². The summed E-state index contributed by atoms with van der Waals surface area (Å²) in [5, 5.41) is 9.68. The number of amides is 1. The Morgan fingerprint density at radius 2 is 1.77 bits per heavy atom. The summed E-state index contributed by atoms with van der Waals surface area (Å²) in [5.74, 6) is 2.18. The van der Waals surface area contributed by atoms with Crippen molar-refractivity contribution < 1.29 is 4.79 Å². The number of thioether (sulfide) groups is 1. The molecule has 4 rings (SSSR count). The highest BCUT2D eigenvalue weighted by atomic mass is 32.2. The molecule has 0 spiro atoms. The average molecular weight is 371 g/mol. The Morgan fingerprint density at radius 3 is 2.42 bits per heavy atom. The van der Waals surface area contributed by atoms with E-state index in [2.05, 4.69) is 45.6 Å². The molecule has 5 nitrogen and oxygen atoms in total. The normalized spacial score (nSPS) is 23.2. The Kier molecular flexibility index (Phi) is 5.02. The molecule has 1 saturated heterocycles. The maximum Gasteiger partial charge on any atom is 0.233 e. The molecule has 1 amide bonds. The van der Waals surface area contributed by atoms with Gasteiger partial charge in [-0.3, -0.25) is 9.36 Å². The molecule has 138 valence electrons. The maximum absolute atomic E-state index is 12.8. The molecule has 1 aliphatic carbocycles. The molecule has 1 aromatic heterocycles. The largest absolute Gasteiger partial charge is 0.337 e. The monoisotopic (exact) mass is 370 g/mol. The van der Waals surface area contributed by atoms with Crippen molar-refractivity contribution in [3.63, 3.8) is 0 Å². The summed E-state index contributed by atoms with van der Waals surface area (Å²) in [6, 6.07) is 10.9. The lowest BCUT2D eigenvalue weighted by molar-refractivity contribution is -0.134. The van der Waals surface area contributed by atoms with Crippen LogP contribution in [0.1, 0.15) is 57.7 Å². The summed E-state index contributed by atoms with van der Waals surface area (Å²) >= 11 is 1.51. The molecule has 2 fully saturated rings. The molecule has 6 heteroatoms. The van der Waals surface area contributed by atoms with Gasteiger partial charge in [0.2, 0.25) is 5.91 Å². The number of rotatable bonds is 5. The van der Waals surface area contributed by atoms with E-state index >= 15 is 0 Å². The minimum atomic E-state index is 0.213. The highest BCUT2D eigenvalue weighted by molar-refractivity contribution is 7.99. The minimum absolute atomic E-state index is 0.213. The van der Waals surface area contributed by atoms with Crippen molar-refractivity contribution in [3.8, 4) is 5.69 Å². The van der Waals surface area contributed by atoms with Crippen LogP contribution in [0.25, 0.3) is 5.69 Å². The summed E-state index contributed by atoms with van der Waals surface area (Å²) in [4.78, 5) is 14.9. The fourth-order valence-corrected chi connectivity index (χ4v) is 4.74. The number of carbonyl (C=O) groups excluding carboxylic acids is 1. The molecular weight excluding hydrogens is 344 g/mol. The molecule has 1 saturated carbocycles. The van der Waals surface area contributed by atoms with Gasteiger partial charge >= 0.3 is 0 Å². The van der Waals surface area contributed by atoms with Gasteiger partial charge in [0.05, 0.1) is 5.75 Å². The van der Waals surface area contributed by atoms with Gasteiger partial charge in [-0.1, -0.05) is 30.0 Å². The number of likely N-dealkylation sites (tertiary alicyclic amines) is 1. The lowest BCUT2D eigenvalue weighted by Crippen LogP contribution is -2.48. The second-order valence-corrected chi connectivity index (χ2v) is 8.45. The van der Waals surface area contributed by atoms with Crippen molar-refractivity contribution >= 4 is 17.7 Å². The molecule has 26 heavy (non-hydrogen) atoms. The van der Waals surface area contributed by atoms with E-state index in [-0.39, 0.29) is 5.91 Å². The fourth-order valence-electron chi connectivity index (χ4n) is 3.91. The summed E-state index contributed by atoms with van der Waals surface area (Å²) in [5.41, 5.74) is 1.08. The molecule has 2 aliphatic rings. The Labute approximate surface area is 159 Å². The van der Waals surface area contributed by atoms with E-state index < -0.39 is 0 Å². The highest BCUT2D eigenvalue weighted by Crippen LogP contribution is 2.41. The molecule has 1 aliphatic heterocycles. The zero-order valence-corrected chi connectivity index (χ0v) is 16.3. The predicted octanol–water partition coefficient (Wildman–Crippen LogP) is 4.03. The number of hydrogen-bond donors (Lipinski definition) is 0. The molecule has 0 unspecified atom stereocenters. The van der Waals surface area contributed by atoms with Crippen LogP contribution < -0.4 is 0 Å². The molecular formula is C20H26N4OS. The first-order valence-corrected chi connectivity index (χ1v) is 10.6. The van der Waals surface area contributed by atoms with E-state index in [0.717, 1.165) is 29.5 Å². The lowest BCUT2D eigenvalue weighted by Gasteiger charge is -2.39. The number of carbonyl (C=O) groups is 1. The quantitative estimate of drug-likeness (QED) is 0.746. The molecule has 0 radical (unpaired) electrons. The summed E-state index contributed by atoms with van der Waals surface area (Å²) in [6.07, 6.45) is 5.78. The van der Waals surface area contributed by atoms with Crippen LogP contribution in [0.5, 0.6) is 0 Å². The van der Waals surface area contributed by atoms with Crippen LogP contribution in [0.3, 0.4) is 0 Å². The smallest absolute Gasteiger partial charge is 0.233 e. The van der Waals surface area contributed by atoms with Crippen LogP contribution in [-0.2, 0) is 4.79 Å². The first-order chi connectivity index (χ1) is 12.6. The van der Waals surface area contributed by atoms with Crippen LogP contribution >= 0.6 is 11.8 Å². The summed E-state index contributed by atoms with van der Waals surface area (Å²) in [7, 11) is 0. The highest BCUT2D eigenvalue weighted by Gasteiger charge is 2.32. The Hall–Kier alpha value is -1.82. The van der Waals surface area contributed by atoms with Crippen LogP contribution in [-0.4, -0.2) is 43.4 Å². The molecule has 2 heterocycles. The summed E-state index contributed by atoms with van der Waals surface area (Å²) < 4.78 is 2.14. The molecule has 0 bridgehead atoms. The van der Waals surface area contributed by atoms with Gasteiger partial charge < -0.3 is 4.90 Å². The third-order valence-corrected chi connectivity index (χ3v) is 6.34. The van der Waals surface area contributed by atoms with Crippen molar-refractivity contribution in [2.45, 2.75) is 69.1 Å². The zero-order chi connectivity index (χ0) is 18.1. The second kappa shape index (κ2) is 7.43. The maximum atomic E-state index is 12.8. The molecule has 2 aromatic rings. The number of benzene rings is 1. The topological polar surface area (TPSA) is 51.0 Å². The summed E-state index contributed by atoms with van der Waals surface area (Å²) in [6.45, 7) is 4.33. The van der Waals surface area contributed by atoms with Gasteiger partial charge in [-0.25, -0.2) is 0 Å². The zero-order valence-electron chi connectivity index (χ0n) is 15.5. The first kappa shape index (κ1) is 17.6. The standard InChI is InChI=1S/C20H26N4OS/c1-14-7-6-8-15(2)23(14)18(25)13-26-20-22-21-19(16-11-12-16)24(20)17-9-4-3-5-10-17/h3-5,9-10,14-16H,6-8,11-13H2,1-2H3/t14-,15+. The number of piperidine rings is 1. The Bertz CT molecular complexity index is 761. The van der Waals surface area contributed by atoms with Gasteiger partial charge in [0.25, 0.3) is 0 Å². The minimum Gasteiger partial charge on any atom is -0.337 e. The predicted molar refractivity (Wildman–Crippen MR) is 104 cm³/mol. The SMILES string of the molecule is C[C@@H]1CCC[C@H](C)N1C(=O)CSc1nnc(C2CC2)n1-c1ccccc1. The number of hydrogen-bond acceptors (Lipinski definition) is 4. The second-order valence-electron chi connectivity index (χ2n) is 7.50. The molecule has 1 aromatic carbocycles. The average Bonchev–Trinajstić information content (AvgIpc) is 3.40. The van der Waals surface area contributed by atoms with Gasteiger partial charge in [0.1, 0.15) is 5.82 Å². The van der Waals surface area contributed by atoms with Crippen LogP contribution in [0.2, 0.25) is 0 Å². The van der Waals surface area contributed by atoms with Crippen molar-refractivity contribution in [2.24, 2.45) is 0 Å². The number of aromatic nitrogens is 3. The van der Waals surface area contributed by atoms with Crippen molar-refractivity contribution in [1.82, 2.24) is 19.7 Å². The van der Waals surface area contributed by atoms with Crippen molar-refractivity contribution in [3.05, 3.63) is 36.2 Å². The Morgan fingerprint density at radius 1 is 1.08 bits per heavy atom. The van der Waals surface area contributed by atoms with Gasteiger partial charge in [-0.05, 0) is 58.1 Å². The third kappa shape index (κ3) is 3.52. The van der Waals surface area contributed by atoms with Crippen LogP contribution in [0.15, 0.2) is 35.5 Å². The van der Waals surface area contributed by atoms with Crippen molar-refractivity contribution in [2.75, 3.05) is 5.75 Å². The van der Waals surface area contributed by atoms with E-state index in [1.165, 1.54) is 31.0 Å². The van der Waals surface area contributed by atoms with Crippen LogP contribution in [0.4, 0.5) is 0 Å². The van der Waals surface area contributed by atoms with E-state index in [1.807, 2.05) is 18.2 Å². The first-order valence-electron chi connectivity index (χ1n) is 9.60.